The Morgan fingerprint density at radius 2 is 1.53 bits per heavy atom. The molecule has 3 rings (SSSR count). The fraction of sp³-hybridized carbons (Fsp3) is 0.312. The van der Waals surface area contributed by atoms with Crippen molar-refractivity contribution in [2.45, 2.75) is 19.4 Å². The molecule has 0 N–H and O–H groups in total. The molecule has 0 spiro atoms. The highest BCUT2D eigenvalue weighted by Gasteiger charge is 2.13. The van der Waals surface area contributed by atoms with Gasteiger partial charge in [0.2, 0.25) is 0 Å². The van der Waals surface area contributed by atoms with Gasteiger partial charge in [-0.1, -0.05) is 30.3 Å². The zero-order chi connectivity index (χ0) is 12.2. The lowest BCUT2D eigenvalue weighted by Gasteiger charge is -2.16. The van der Waals surface area contributed by atoms with Crippen LogP contribution in [0.4, 0.5) is 5.69 Å². The number of aromatic nitrogens is 1. The minimum atomic E-state index is 0. The molecule has 0 atom stereocenters. The van der Waals surface area contributed by atoms with Crippen LogP contribution in [0.5, 0.6) is 0 Å². The molecular formula is C16H19BrN2. The summed E-state index contributed by atoms with van der Waals surface area (Å²) in [7, 11) is 0. The topological polar surface area (TPSA) is 7.12 Å². The van der Waals surface area contributed by atoms with E-state index in [-0.39, 0.29) is 17.0 Å². The van der Waals surface area contributed by atoms with Crippen LogP contribution in [0.2, 0.25) is 0 Å². The van der Waals surface area contributed by atoms with Crippen molar-refractivity contribution in [1.29, 1.82) is 0 Å². The van der Waals surface area contributed by atoms with Gasteiger partial charge in [-0.15, -0.1) is 0 Å². The van der Waals surface area contributed by atoms with E-state index in [2.05, 4.69) is 64.3 Å². The van der Waals surface area contributed by atoms with Crippen molar-refractivity contribution in [1.82, 2.24) is 0 Å². The number of hydrogen-bond donors (Lipinski definition) is 0. The van der Waals surface area contributed by atoms with E-state index in [0.29, 0.717) is 0 Å². The van der Waals surface area contributed by atoms with Gasteiger partial charge < -0.3 is 21.9 Å². The minimum absolute atomic E-state index is 0. The molecule has 1 aliphatic rings. The quantitative estimate of drug-likeness (QED) is 0.700. The van der Waals surface area contributed by atoms with Gasteiger partial charge in [-0.05, 0) is 12.8 Å². The number of anilines is 1. The maximum absolute atomic E-state index is 2.47. The minimum Gasteiger partial charge on any atom is -1.00 e. The molecule has 0 saturated carbocycles. The average Bonchev–Trinajstić information content (AvgIpc) is 2.95. The normalized spacial score (nSPS) is 14.2. The lowest BCUT2D eigenvalue weighted by Crippen LogP contribution is -3.00. The van der Waals surface area contributed by atoms with Crippen LogP contribution < -0.4 is 26.4 Å². The highest BCUT2D eigenvalue weighted by Crippen LogP contribution is 2.17. The van der Waals surface area contributed by atoms with Gasteiger partial charge >= 0.3 is 0 Å². The van der Waals surface area contributed by atoms with E-state index >= 15 is 0 Å². The predicted octanol–water partition coefficient (Wildman–Crippen LogP) is -0.373. The molecule has 0 radical (unpaired) electrons. The predicted molar refractivity (Wildman–Crippen MR) is 73.6 cm³/mol. The third-order valence-electron chi connectivity index (χ3n) is 3.55. The molecule has 1 aromatic carbocycles. The van der Waals surface area contributed by atoms with Gasteiger partial charge in [-0.2, -0.15) is 0 Å². The zero-order valence-electron chi connectivity index (χ0n) is 11.0. The van der Waals surface area contributed by atoms with Crippen LogP contribution in [0.15, 0.2) is 54.9 Å². The molecule has 100 valence electrons. The summed E-state index contributed by atoms with van der Waals surface area (Å²) in [5.74, 6) is 0. The van der Waals surface area contributed by atoms with Gasteiger partial charge in [0.15, 0.2) is 18.9 Å². The van der Waals surface area contributed by atoms with Crippen LogP contribution in [0.1, 0.15) is 18.4 Å². The van der Waals surface area contributed by atoms with Crippen LogP contribution >= 0.6 is 0 Å². The lowest BCUT2D eigenvalue weighted by molar-refractivity contribution is -0.688. The Hall–Kier alpha value is -1.35. The van der Waals surface area contributed by atoms with Crippen molar-refractivity contribution < 1.29 is 21.5 Å². The first-order valence-electron chi connectivity index (χ1n) is 6.70. The van der Waals surface area contributed by atoms with Crippen LogP contribution in [0.25, 0.3) is 0 Å². The molecule has 0 bridgehead atoms. The fourth-order valence-corrected chi connectivity index (χ4v) is 2.54. The van der Waals surface area contributed by atoms with Gasteiger partial charge in [0, 0.05) is 36.5 Å². The molecule has 2 heterocycles. The molecule has 1 fully saturated rings. The molecule has 0 amide bonds. The first kappa shape index (κ1) is 14.1. The summed E-state index contributed by atoms with van der Waals surface area (Å²) >= 11 is 0. The number of halogens is 1. The van der Waals surface area contributed by atoms with Crippen LogP contribution in [0.3, 0.4) is 0 Å². The smallest absolute Gasteiger partial charge is 0.173 e. The number of pyridine rings is 1. The molecule has 0 unspecified atom stereocenters. The first-order valence-corrected chi connectivity index (χ1v) is 6.70. The number of rotatable bonds is 3. The third-order valence-corrected chi connectivity index (χ3v) is 3.55. The standard InChI is InChI=1S/C16H19N2.BrH/c1-2-6-15(7-3-1)14-17-12-8-16(9-13-17)18-10-4-5-11-18;/h1-3,6-9,12-13H,4-5,10-11,14H2;1H/q+1;/p-1. The molecular weight excluding hydrogens is 300 g/mol. The van der Waals surface area contributed by atoms with E-state index in [1.54, 1.807) is 0 Å². The maximum Gasteiger partial charge on any atom is 0.173 e. The van der Waals surface area contributed by atoms with E-state index in [1.807, 2.05) is 0 Å². The second kappa shape index (κ2) is 6.71. The first-order chi connectivity index (χ1) is 8.92. The molecule has 1 aromatic heterocycles. The van der Waals surface area contributed by atoms with Gasteiger partial charge in [0.25, 0.3) is 0 Å². The second-order valence-electron chi connectivity index (χ2n) is 4.91. The zero-order valence-corrected chi connectivity index (χ0v) is 12.6. The lowest BCUT2D eigenvalue weighted by atomic mass is 10.2. The fourth-order valence-electron chi connectivity index (χ4n) is 2.54. The molecule has 0 aliphatic carbocycles. The number of nitrogens with zero attached hydrogens (tertiary/aromatic N) is 2. The Morgan fingerprint density at radius 1 is 0.895 bits per heavy atom. The number of benzene rings is 1. The Balaban J connectivity index is 0.00000133. The van der Waals surface area contributed by atoms with Crippen molar-refractivity contribution in [3.05, 3.63) is 60.4 Å². The molecule has 19 heavy (non-hydrogen) atoms. The van der Waals surface area contributed by atoms with E-state index in [1.165, 1.54) is 37.2 Å². The van der Waals surface area contributed by atoms with Crippen LogP contribution in [0, 0.1) is 0 Å². The summed E-state index contributed by atoms with van der Waals surface area (Å²) in [5.41, 5.74) is 2.70. The van der Waals surface area contributed by atoms with Gasteiger partial charge in [0.05, 0.1) is 0 Å². The van der Waals surface area contributed by atoms with Gasteiger partial charge in [-0.25, -0.2) is 4.57 Å². The van der Waals surface area contributed by atoms with Gasteiger partial charge in [0.1, 0.15) is 0 Å². The Labute approximate surface area is 125 Å². The van der Waals surface area contributed by atoms with Crippen molar-refractivity contribution >= 4 is 5.69 Å². The van der Waals surface area contributed by atoms with E-state index in [0.717, 1.165) is 6.54 Å². The molecule has 2 aromatic rings. The summed E-state index contributed by atoms with van der Waals surface area (Å²) in [5, 5.41) is 0. The SMILES string of the molecule is [Br-].c1ccc(C[n+]2ccc(N3CCCC3)cc2)cc1. The summed E-state index contributed by atoms with van der Waals surface area (Å²) in [6.45, 7) is 3.37. The second-order valence-corrected chi connectivity index (χ2v) is 4.91. The van der Waals surface area contributed by atoms with Crippen molar-refractivity contribution in [3.63, 3.8) is 0 Å². The van der Waals surface area contributed by atoms with Crippen molar-refractivity contribution in [2.24, 2.45) is 0 Å². The molecule has 3 heteroatoms. The highest BCUT2D eigenvalue weighted by atomic mass is 79.9. The molecule has 2 nitrogen and oxygen atoms in total. The largest absolute Gasteiger partial charge is 1.00 e. The Bertz CT molecular complexity index is 490. The van der Waals surface area contributed by atoms with Crippen molar-refractivity contribution in [3.8, 4) is 0 Å². The Kier molecular flexibility index (Phi) is 4.97. The van der Waals surface area contributed by atoms with Crippen LogP contribution in [-0.4, -0.2) is 13.1 Å². The monoisotopic (exact) mass is 318 g/mol. The van der Waals surface area contributed by atoms with Crippen LogP contribution in [-0.2, 0) is 6.54 Å². The third kappa shape index (κ3) is 3.57. The van der Waals surface area contributed by atoms with Gasteiger partial charge in [-0.3, -0.25) is 0 Å². The highest BCUT2D eigenvalue weighted by molar-refractivity contribution is 5.44. The van der Waals surface area contributed by atoms with Crippen molar-refractivity contribution in [2.75, 3.05) is 18.0 Å². The van der Waals surface area contributed by atoms with E-state index in [9.17, 15) is 0 Å². The summed E-state index contributed by atoms with van der Waals surface area (Å²) in [6, 6.07) is 15.0. The average molecular weight is 319 g/mol. The van der Waals surface area contributed by atoms with E-state index < -0.39 is 0 Å². The number of hydrogen-bond acceptors (Lipinski definition) is 1. The summed E-state index contributed by atoms with van der Waals surface area (Å²) in [4.78, 5) is 2.47. The summed E-state index contributed by atoms with van der Waals surface area (Å²) in [6.07, 6.45) is 7.03. The molecule has 1 aliphatic heterocycles. The Morgan fingerprint density at radius 3 is 2.16 bits per heavy atom. The molecule has 1 saturated heterocycles. The van der Waals surface area contributed by atoms with E-state index in [4.69, 9.17) is 0 Å². The summed E-state index contributed by atoms with van der Waals surface area (Å²) < 4.78 is 2.23. The maximum atomic E-state index is 2.47.